The van der Waals surface area contributed by atoms with Crippen LogP contribution in [0.1, 0.15) is 31.2 Å². The first-order chi connectivity index (χ1) is 13.0. The Morgan fingerprint density at radius 1 is 1.19 bits per heavy atom. The smallest absolute Gasteiger partial charge is 0.323 e. The molecule has 3 aromatic rings. The van der Waals surface area contributed by atoms with Gasteiger partial charge in [0, 0.05) is 31.1 Å². The van der Waals surface area contributed by atoms with E-state index < -0.39 is 0 Å². The highest BCUT2D eigenvalue weighted by Gasteiger charge is 2.20. The predicted octanol–water partition coefficient (Wildman–Crippen LogP) is 3.39. The molecule has 0 aliphatic carbocycles. The third-order valence-corrected chi connectivity index (χ3v) is 4.36. The molecule has 0 saturated carbocycles. The highest BCUT2D eigenvalue weighted by atomic mass is 16.4. The van der Waals surface area contributed by atoms with Gasteiger partial charge in [-0.1, -0.05) is 37.3 Å². The Morgan fingerprint density at radius 3 is 2.52 bits per heavy atom. The van der Waals surface area contributed by atoms with Crippen LogP contribution in [0, 0.1) is 6.92 Å². The van der Waals surface area contributed by atoms with Gasteiger partial charge in [-0.05, 0) is 13.8 Å². The molecule has 0 bridgehead atoms. The summed E-state index contributed by atoms with van der Waals surface area (Å²) in [5, 5.41) is 15.4. The maximum Gasteiger partial charge on any atom is 0.323 e. The van der Waals surface area contributed by atoms with Gasteiger partial charge in [-0.15, -0.1) is 10.2 Å². The van der Waals surface area contributed by atoms with Gasteiger partial charge in [0.2, 0.25) is 11.8 Å². The van der Waals surface area contributed by atoms with Crippen LogP contribution in [0.25, 0.3) is 11.3 Å². The molecule has 3 rings (SSSR count). The minimum atomic E-state index is -0.237. The lowest BCUT2D eigenvalue weighted by Gasteiger charge is -2.19. The van der Waals surface area contributed by atoms with E-state index in [-0.39, 0.29) is 12.6 Å². The summed E-state index contributed by atoms with van der Waals surface area (Å²) in [4.78, 5) is 14.4. The van der Waals surface area contributed by atoms with Crippen LogP contribution in [0.15, 0.2) is 34.7 Å². The topological polar surface area (TPSA) is 89.1 Å². The molecule has 8 nitrogen and oxygen atoms in total. The molecule has 0 atom stereocenters. The summed E-state index contributed by atoms with van der Waals surface area (Å²) in [6.45, 7) is 6.57. The van der Waals surface area contributed by atoms with E-state index in [4.69, 9.17) is 4.42 Å². The number of anilines is 1. The van der Waals surface area contributed by atoms with Gasteiger partial charge < -0.3 is 9.32 Å². The molecule has 2 heterocycles. The van der Waals surface area contributed by atoms with Crippen molar-refractivity contribution in [3.8, 4) is 11.3 Å². The number of benzene rings is 1. The standard InChI is InChI=1S/C19H24N6O2/c1-5-15-21-22-16(27-15)12-25(6-2)19(26)20-18-13(3)17(23-24(18)4)14-10-8-7-9-11-14/h7-11H,5-6,12H2,1-4H3,(H,20,26). The second kappa shape index (κ2) is 8.03. The Hall–Kier alpha value is -3.16. The molecule has 0 saturated heterocycles. The first-order valence-electron chi connectivity index (χ1n) is 8.99. The van der Waals surface area contributed by atoms with Gasteiger partial charge in [0.25, 0.3) is 0 Å². The number of aromatic nitrogens is 4. The van der Waals surface area contributed by atoms with Crippen LogP contribution in [-0.2, 0) is 20.0 Å². The van der Waals surface area contributed by atoms with Crippen molar-refractivity contribution in [3.63, 3.8) is 0 Å². The zero-order chi connectivity index (χ0) is 19.4. The molecule has 27 heavy (non-hydrogen) atoms. The number of aryl methyl sites for hydroxylation is 2. The molecule has 0 unspecified atom stereocenters. The van der Waals surface area contributed by atoms with Crippen molar-refractivity contribution in [1.29, 1.82) is 0 Å². The van der Waals surface area contributed by atoms with Gasteiger partial charge in [0.05, 0.1) is 5.69 Å². The van der Waals surface area contributed by atoms with Crippen LogP contribution in [0.5, 0.6) is 0 Å². The molecular weight excluding hydrogens is 344 g/mol. The maximum absolute atomic E-state index is 12.8. The fourth-order valence-corrected chi connectivity index (χ4v) is 2.84. The zero-order valence-corrected chi connectivity index (χ0v) is 16.1. The molecular formula is C19H24N6O2. The van der Waals surface area contributed by atoms with Crippen molar-refractivity contribution in [2.24, 2.45) is 7.05 Å². The lowest BCUT2D eigenvalue weighted by Crippen LogP contribution is -2.35. The van der Waals surface area contributed by atoms with E-state index >= 15 is 0 Å². The molecule has 142 valence electrons. The van der Waals surface area contributed by atoms with Crippen molar-refractivity contribution in [3.05, 3.63) is 47.7 Å². The van der Waals surface area contributed by atoms with Crippen LogP contribution in [0.4, 0.5) is 10.6 Å². The van der Waals surface area contributed by atoms with Gasteiger partial charge >= 0.3 is 6.03 Å². The average Bonchev–Trinajstić information content (AvgIpc) is 3.26. The normalized spacial score (nSPS) is 10.8. The molecule has 0 aliphatic rings. The molecule has 8 heteroatoms. The van der Waals surface area contributed by atoms with Crippen LogP contribution >= 0.6 is 0 Å². The Balaban J connectivity index is 1.77. The summed E-state index contributed by atoms with van der Waals surface area (Å²) in [7, 11) is 1.82. The second-order valence-corrected chi connectivity index (χ2v) is 6.20. The Labute approximate surface area is 158 Å². The minimum Gasteiger partial charge on any atom is -0.423 e. The molecule has 1 N–H and O–H groups in total. The van der Waals surface area contributed by atoms with Gasteiger partial charge in [0.1, 0.15) is 12.4 Å². The van der Waals surface area contributed by atoms with Crippen molar-refractivity contribution in [2.75, 3.05) is 11.9 Å². The summed E-state index contributed by atoms with van der Waals surface area (Å²) in [5.41, 5.74) is 2.77. The van der Waals surface area contributed by atoms with Crippen LogP contribution in [0.2, 0.25) is 0 Å². The minimum absolute atomic E-state index is 0.237. The number of urea groups is 1. The summed E-state index contributed by atoms with van der Waals surface area (Å²) in [5.74, 6) is 1.66. The number of hydrogen-bond donors (Lipinski definition) is 1. The second-order valence-electron chi connectivity index (χ2n) is 6.20. The number of carbonyl (C=O) groups is 1. The number of carbonyl (C=O) groups excluding carboxylic acids is 1. The molecule has 2 amide bonds. The maximum atomic E-state index is 12.8. The van der Waals surface area contributed by atoms with Crippen molar-refractivity contribution in [1.82, 2.24) is 24.9 Å². The monoisotopic (exact) mass is 368 g/mol. The SMILES string of the molecule is CCc1nnc(CN(CC)C(=O)Nc2c(C)c(-c3ccccc3)nn2C)o1. The summed E-state index contributed by atoms with van der Waals surface area (Å²) in [6, 6.07) is 9.66. The van der Waals surface area contributed by atoms with Gasteiger partial charge in [-0.3, -0.25) is 10.00 Å². The third-order valence-electron chi connectivity index (χ3n) is 4.36. The molecule has 2 aromatic heterocycles. The largest absolute Gasteiger partial charge is 0.423 e. The quantitative estimate of drug-likeness (QED) is 0.720. The third kappa shape index (κ3) is 3.99. The van der Waals surface area contributed by atoms with Gasteiger partial charge in [0.15, 0.2) is 0 Å². The number of nitrogens with one attached hydrogen (secondary N) is 1. The fourth-order valence-electron chi connectivity index (χ4n) is 2.84. The highest BCUT2D eigenvalue weighted by molar-refractivity contribution is 5.90. The average molecular weight is 368 g/mol. The molecule has 0 spiro atoms. The first-order valence-corrected chi connectivity index (χ1v) is 8.99. The lowest BCUT2D eigenvalue weighted by molar-refractivity contribution is 0.205. The summed E-state index contributed by atoms with van der Waals surface area (Å²) in [6.07, 6.45) is 0.668. The van der Waals surface area contributed by atoms with E-state index in [2.05, 4.69) is 20.6 Å². The van der Waals surface area contributed by atoms with Gasteiger partial charge in [-0.25, -0.2) is 4.79 Å². The Bertz CT molecular complexity index is 916. The van der Waals surface area contributed by atoms with E-state index in [1.807, 2.05) is 58.2 Å². The first kappa shape index (κ1) is 18.6. The Kier molecular flexibility index (Phi) is 5.54. The van der Waals surface area contributed by atoms with E-state index in [1.54, 1.807) is 9.58 Å². The summed E-state index contributed by atoms with van der Waals surface area (Å²) < 4.78 is 7.20. The molecule has 0 fully saturated rings. The van der Waals surface area contributed by atoms with E-state index in [9.17, 15) is 4.79 Å². The number of amides is 2. The highest BCUT2D eigenvalue weighted by Crippen LogP contribution is 2.27. The Morgan fingerprint density at radius 2 is 1.89 bits per heavy atom. The van der Waals surface area contributed by atoms with E-state index in [0.717, 1.165) is 16.8 Å². The number of nitrogens with zero attached hydrogens (tertiary/aromatic N) is 5. The molecule has 1 aromatic carbocycles. The fraction of sp³-hybridized carbons (Fsp3) is 0.368. The van der Waals surface area contributed by atoms with Crippen molar-refractivity contribution in [2.45, 2.75) is 33.7 Å². The van der Waals surface area contributed by atoms with Crippen molar-refractivity contribution >= 4 is 11.8 Å². The molecule has 0 aliphatic heterocycles. The van der Waals surface area contributed by atoms with Crippen LogP contribution in [-0.4, -0.2) is 37.5 Å². The number of rotatable bonds is 6. The predicted molar refractivity (Wildman–Crippen MR) is 102 cm³/mol. The van der Waals surface area contributed by atoms with Crippen LogP contribution in [0.3, 0.4) is 0 Å². The van der Waals surface area contributed by atoms with Crippen LogP contribution < -0.4 is 5.32 Å². The molecule has 0 radical (unpaired) electrons. The van der Waals surface area contributed by atoms with Gasteiger partial charge in [-0.2, -0.15) is 5.10 Å². The van der Waals surface area contributed by atoms with E-state index in [0.29, 0.717) is 30.6 Å². The summed E-state index contributed by atoms with van der Waals surface area (Å²) >= 11 is 0. The lowest BCUT2D eigenvalue weighted by atomic mass is 10.1. The van der Waals surface area contributed by atoms with E-state index in [1.165, 1.54) is 0 Å². The number of hydrogen-bond acceptors (Lipinski definition) is 5. The zero-order valence-electron chi connectivity index (χ0n) is 16.1. The van der Waals surface area contributed by atoms with Crippen molar-refractivity contribution < 1.29 is 9.21 Å².